The molecule has 1 amide bonds. The van der Waals surface area contributed by atoms with E-state index in [1.54, 1.807) is 85.7 Å². The van der Waals surface area contributed by atoms with Gasteiger partial charge in [0.1, 0.15) is 17.2 Å². The molecule has 240 valence electrons. The van der Waals surface area contributed by atoms with E-state index >= 15 is 0 Å². The van der Waals surface area contributed by atoms with Gasteiger partial charge in [0.15, 0.2) is 0 Å². The van der Waals surface area contributed by atoms with Crippen LogP contribution in [0, 0.1) is 19.7 Å². The van der Waals surface area contributed by atoms with Crippen LogP contribution < -0.4 is 11.0 Å². The molecule has 0 fully saturated rings. The smallest absolute Gasteiger partial charge is 0.410 e. The molecule has 3 heterocycles. The molecule has 0 bridgehead atoms. The summed E-state index contributed by atoms with van der Waals surface area (Å²) < 4.78 is 41.7. The molecule has 5 rings (SSSR count). The van der Waals surface area contributed by atoms with Gasteiger partial charge in [-0.2, -0.15) is 9.46 Å². The Kier molecular flexibility index (Phi) is 8.19. The van der Waals surface area contributed by atoms with Crippen LogP contribution in [-0.4, -0.2) is 65.8 Å². The quantitative estimate of drug-likeness (QED) is 0.295. The number of benzene rings is 2. The number of amides is 1. The average Bonchev–Trinajstić information content (AvgIpc) is 3.50. The number of aryl methyl sites for hydroxylation is 2. The third-order valence-electron chi connectivity index (χ3n) is 7.59. The van der Waals surface area contributed by atoms with E-state index in [0.717, 1.165) is 5.69 Å². The number of carbonyl (C=O) groups is 1. The van der Waals surface area contributed by atoms with Crippen molar-refractivity contribution in [3.8, 4) is 17.2 Å². The van der Waals surface area contributed by atoms with E-state index in [9.17, 15) is 18.2 Å². The summed E-state index contributed by atoms with van der Waals surface area (Å²) in [5.74, 6) is 0.152. The zero-order valence-corrected chi connectivity index (χ0v) is 28.0. The van der Waals surface area contributed by atoms with Crippen LogP contribution in [0.3, 0.4) is 0 Å². The maximum absolute atomic E-state index is 14.7. The van der Waals surface area contributed by atoms with E-state index in [1.807, 2.05) is 27.7 Å². The van der Waals surface area contributed by atoms with Gasteiger partial charge in [0.2, 0.25) is 0 Å². The Labute approximate surface area is 262 Å². The van der Waals surface area contributed by atoms with Crippen molar-refractivity contribution in [1.82, 2.24) is 23.8 Å². The number of nitrogens with zero attached hydrogens (tertiary/aromatic N) is 6. The molecule has 1 atom stereocenters. The summed E-state index contributed by atoms with van der Waals surface area (Å²) in [6.45, 7) is 11.1. The number of aromatic nitrogens is 4. The largest absolute Gasteiger partial charge is 0.444 e. The third-order valence-corrected chi connectivity index (χ3v) is 8.23. The van der Waals surface area contributed by atoms with Crippen LogP contribution in [-0.2, 0) is 20.9 Å². The van der Waals surface area contributed by atoms with Crippen molar-refractivity contribution >= 4 is 27.2 Å². The lowest BCUT2D eigenvalue weighted by molar-refractivity contribution is 0.0159. The molecular weight excluding hydrogens is 597 g/mol. The lowest BCUT2D eigenvalue weighted by Gasteiger charge is -2.34. The fraction of sp³-hybridized carbons (Fsp3) is 0.406. The molecule has 2 aromatic carbocycles. The third kappa shape index (κ3) is 6.26. The Morgan fingerprint density at radius 2 is 1.73 bits per heavy atom. The van der Waals surface area contributed by atoms with Gasteiger partial charge in [0, 0.05) is 60.2 Å². The Hall–Kier alpha value is -4.39. The van der Waals surface area contributed by atoms with Gasteiger partial charge >= 0.3 is 11.8 Å². The highest BCUT2D eigenvalue weighted by molar-refractivity contribution is 7.92. The molecule has 0 spiro atoms. The van der Waals surface area contributed by atoms with Crippen LogP contribution in [0.5, 0.6) is 0 Å². The molecule has 1 N–H and O–H groups in total. The van der Waals surface area contributed by atoms with Gasteiger partial charge in [-0.15, -0.1) is 0 Å². The first-order valence-electron chi connectivity index (χ1n) is 14.7. The molecule has 45 heavy (non-hydrogen) atoms. The first-order valence-corrected chi connectivity index (χ1v) is 17.0. The number of fused-ring (bicyclic) bond motifs is 1. The molecule has 0 saturated carbocycles. The van der Waals surface area contributed by atoms with Gasteiger partial charge in [-0.3, -0.25) is 9.13 Å². The average molecular weight is 638 g/mol. The molecule has 0 saturated heterocycles. The van der Waals surface area contributed by atoms with E-state index in [1.165, 1.54) is 9.13 Å². The second-order valence-corrected chi connectivity index (χ2v) is 15.2. The Morgan fingerprint density at radius 1 is 1.09 bits per heavy atom. The highest BCUT2D eigenvalue weighted by atomic mass is 32.2. The molecule has 13 heteroatoms. The van der Waals surface area contributed by atoms with Gasteiger partial charge in [0.25, 0.3) is 0 Å². The number of anilines is 1. The predicted octanol–water partition coefficient (Wildman–Crippen LogP) is 5.82. The number of rotatable bonds is 5. The molecule has 1 aliphatic heterocycles. The van der Waals surface area contributed by atoms with Crippen LogP contribution in [0.2, 0.25) is 0 Å². The van der Waals surface area contributed by atoms with Crippen molar-refractivity contribution in [3.05, 3.63) is 81.4 Å². The topological polar surface area (TPSA) is 116 Å². The van der Waals surface area contributed by atoms with Crippen LogP contribution in [0.15, 0.2) is 51.9 Å². The summed E-state index contributed by atoms with van der Waals surface area (Å²) >= 11 is 0. The SMILES string of the molecule is CNc1cc(-n2ccn(-c3c4c(nn3-c3cc(C)c(F)c(C)c3)CCN(C(=O)OC(C)(C)C)[C@H]4C)c2=O)ccc1N=S(C)(C)=O. The number of halogens is 1. The van der Waals surface area contributed by atoms with Gasteiger partial charge in [-0.05, 0) is 83.0 Å². The number of carbonyl (C=O) groups excluding carboxylic acids is 1. The number of ether oxygens (including phenoxy) is 1. The van der Waals surface area contributed by atoms with Crippen LogP contribution >= 0.6 is 0 Å². The van der Waals surface area contributed by atoms with Gasteiger partial charge in [-0.1, -0.05) is 0 Å². The minimum absolute atomic E-state index is 0.303. The normalized spacial score (nSPS) is 15.2. The lowest BCUT2D eigenvalue weighted by Crippen LogP contribution is -2.42. The summed E-state index contributed by atoms with van der Waals surface area (Å²) in [6, 6.07) is 8.15. The first kappa shape index (κ1) is 32.0. The van der Waals surface area contributed by atoms with Crippen LogP contribution in [0.4, 0.5) is 20.6 Å². The number of hydrogen-bond acceptors (Lipinski definition) is 7. The van der Waals surface area contributed by atoms with Crippen molar-refractivity contribution in [2.24, 2.45) is 4.36 Å². The summed E-state index contributed by atoms with van der Waals surface area (Å²) in [6.07, 6.45) is 6.42. The van der Waals surface area contributed by atoms with Gasteiger partial charge in [-0.25, -0.2) is 22.9 Å². The van der Waals surface area contributed by atoms with E-state index in [2.05, 4.69) is 9.68 Å². The fourth-order valence-corrected chi connectivity index (χ4v) is 6.24. The highest BCUT2D eigenvalue weighted by Crippen LogP contribution is 2.36. The van der Waals surface area contributed by atoms with Crippen molar-refractivity contribution in [1.29, 1.82) is 0 Å². The zero-order chi connectivity index (χ0) is 33.0. The van der Waals surface area contributed by atoms with E-state index < -0.39 is 27.5 Å². The molecule has 4 aromatic rings. The minimum Gasteiger partial charge on any atom is -0.444 e. The molecule has 2 aromatic heterocycles. The molecule has 11 nitrogen and oxygen atoms in total. The minimum atomic E-state index is -2.40. The molecule has 0 unspecified atom stereocenters. The van der Waals surface area contributed by atoms with Crippen LogP contribution in [0.25, 0.3) is 17.2 Å². The summed E-state index contributed by atoms with van der Waals surface area (Å²) in [5.41, 5.74) is 3.59. The van der Waals surface area contributed by atoms with Crippen molar-refractivity contribution in [2.75, 3.05) is 31.4 Å². The number of imidazole rings is 1. The predicted molar refractivity (Wildman–Crippen MR) is 175 cm³/mol. The van der Waals surface area contributed by atoms with E-state index in [0.29, 0.717) is 58.2 Å². The maximum Gasteiger partial charge on any atom is 0.410 e. The highest BCUT2D eigenvalue weighted by Gasteiger charge is 2.37. The standard InChI is InChI=1S/C32H40FN7O4S/c1-19-16-23(17-20(2)28(19)33)40-29(27-21(3)37(13-12-25(27)35-40)31(42)44-32(4,5)6)39-15-14-38(30(39)41)22-10-11-24(26(18-22)34-7)36-45(8,9)43/h10-11,14-18,21,34H,12-13H2,1-9H3/t21-/m0/s1. The second-order valence-electron chi connectivity index (χ2n) is 12.6. The van der Waals surface area contributed by atoms with Crippen molar-refractivity contribution in [3.63, 3.8) is 0 Å². The van der Waals surface area contributed by atoms with Gasteiger partial charge in [0.05, 0.1) is 34.5 Å². The Bertz CT molecular complexity index is 1960. The molecular formula is C32H40FN7O4S. The van der Waals surface area contributed by atoms with Crippen molar-refractivity contribution < 1.29 is 18.1 Å². The lowest BCUT2D eigenvalue weighted by atomic mass is 10.00. The Balaban J connectivity index is 1.70. The molecule has 1 aliphatic rings. The molecule has 0 radical (unpaired) electrons. The second kappa shape index (κ2) is 11.5. The van der Waals surface area contributed by atoms with E-state index in [4.69, 9.17) is 9.84 Å². The molecule has 0 aliphatic carbocycles. The number of hydrogen-bond donors (Lipinski definition) is 1. The summed E-state index contributed by atoms with van der Waals surface area (Å²) in [7, 11) is -0.673. The van der Waals surface area contributed by atoms with E-state index in [-0.39, 0.29) is 11.5 Å². The zero-order valence-electron chi connectivity index (χ0n) is 27.1. The van der Waals surface area contributed by atoms with Crippen LogP contribution in [0.1, 0.15) is 56.1 Å². The monoisotopic (exact) mass is 637 g/mol. The summed E-state index contributed by atoms with van der Waals surface area (Å²) in [4.78, 5) is 29.1. The number of nitrogens with one attached hydrogen (secondary N) is 1. The van der Waals surface area contributed by atoms with Crippen molar-refractivity contribution in [2.45, 2.75) is 59.6 Å². The Morgan fingerprint density at radius 3 is 2.33 bits per heavy atom. The first-order chi connectivity index (χ1) is 21.0. The van der Waals surface area contributed by atoms with Gasteiger partial charge < -0.3 is 15.0 Å². The maximum atomic E-state index is 14.7. The fourth-order valence-electron chi connectivity index (χ4n) is 5.61. The summed E-state index contributed by atoms with van der Waals surface area (Å²) in [5, 5.41) is 7.99.